The van der Waals surface area contributed by atoms with Crippen LogP contribution in [0.4, 0.5) is 11.6 Å². The van der Waals surface area contributed by atoms with Crippen molar-refractivity contribution in [1.29, 1.82) is 5.26 Å². The van der Waals surface area contributed by atoms with Crippen molar-refractivity contribution in [2.24, 2.45) is 0 Å². The number of benzene rings is 1. The van der Waals surface area contributed by atoms with Crippen molar-refractivity contribution < 1.29 is 0 Å². The smallest absolute Gasteiger partial charge is 0.278 e. The number of pyridine rings is 1. The van der Waals surface area contributed by atoms with E-state index >= 15 is 0 Å². The van der Waals surface area contributed by atoms with Crippen LogP contribution in [-0.4, -0.2) is 30.9 Å². The van der Waals surface area contributed by atoms with Crippen LogP contribution in [0.2, 0.25) is 0 Å². The molecule has 2 fully saturated rings. The zero-order valence-electron chi connectivity index (χ0n) is 21.0. The SMILES string of the molecule is CC1(C)NCCc2cc(Nc3ncc4c(=O)n(C5CC5)n(-c5cccc(C6(C#N)CC6)n5)c4n3)ccc21. The van der Waals surface area contributed by atoms with Gasteiger partial charge in [-0.3, -0.25) is 4.79 Å². The molecule has 186 valence electrons. The van der Waals surface area contributed by atoms with Crippen LogP contribution in [-0.2, 0) is 17.4 Å². The van der Waals surface area contributed by atoms with Crippen LogP contribution in [0.15, 0.2) is 47.4 Å². The number of nitrogens with one attached hydrogen (secondary N) is 2. The number of nitrogens with zero attached hydrogens (tertiary/aromatic N) is 6. The zero-order chi connectivity index (χ0) is 25.4. The lowest BCUT2D eigenvalue weighted by atomic mass is 9.85. The van der Waals surface area contributed by atoms with Gasteiger partial charge in [-0.25, -0.2) is 19.3 Å². The first-order valence-electron chi connectivity index (χ1n) is 12.9. The average Bonchev–Trinajstić information content (AvgIpc) is 3.82. The van der Waals surface area contributed by atoms with Crippen molar-refractivity contribution in [3.63, 3.8) is 0 Å². The molecule has 3 aliphatic rings. The van der Waals surface area contributed by atoms with Crippen molar-refractivity contribution >= 4 is 22.7 Å². The van der Waals surface area contributed by atoms with Crippen molar-refractivity contribution in [2.75, 3.05) is 11.9 Å². The van der Waals surface area contributed by atoms with Crippen molar-refractivity contribution in [1.82, 2.24) is 29.6 Å². The Labute approximate surface area is 214 Å². The summed E-state index contributed by atoms with van der Waals surface area (Å²) in [6, 6.07) is 14.6. The molecular weight excluding hydrogens is 464 g/mol. The van der Waals surface area contributed by atoms with Gasteiger partial charge >= 0.3 is 0 Å². The molecule has 2 N–H and O–H groups in total. The zero-order valence-corrected chi connectivity index (χ0v) is 21.0. The molecular formula is C28H28N8O. The fraction of sp³-hybridized carbons (Fsp3) is 0.393. The molecule has 2 aliphatic carbocycles. The lowest BCUT2D eigenvalue weighted by molar-refractivity contribution is 0.382. The van der Waals surface area contributed by atoms with Gasteiger partial charge < -0.3 is 10.6 Å². The van der Waals surface area contributed by atoms with Crippen molar-refractivity contribution in [3.05, 3.63) is 69.8 Å². The molecule has 7 rings (SSSR count). The maximum atomic E-state index is 13.4. The second kappa shape index (κ2) is 7.73. The maximum Gasteiger partial charge on any atom is 0.278 e. The molecule has 37 heavy (non-hydrogen) atoms. The fourth-order valence-electron chi connectivity index (χ4n) is 5.51. The Morgan fingerprint density at radius 3 is 2.76 bits per heavy atom. The molecule has 1 aromatic carbocycles. The number of hydrogen-bond donors (Lipinski definition) is 2. The van der Waals surface area contributed by atoms with Crippen LogP contribution in [0.3, 0.4) is 0 Å². The molecule has 0 radical (unpaired) electrons. The summed E-state index contributed by atoms with van der Waals surface area (Å²) in [6.07, 6.45) is 6.07. The van der Waals surface area contributed by atoms with E-state index in [0.29, 0.717) is 22.8 Å². The molecule has 9 nitrogen and oxygen atoms in total. The molecule has 9 heteroatoms. The summed E-state index contributed by atoms with van der Waals surface area (Å²) in [5.41, 5.74) is 4.11. The highest BCUT2D eigenvalue weighted by atomic mass is 16.1. The molecule has 0 bridgehead atoms. The Balaban J connectivity index is 1.32. The van der Waals surface area contributed by atoms with Gasteiger partial charge in [-0.15, -0.1) is 0 Å². The molecule has 4 heterocycles. The van der Waals surface area contributed by atoms with E-state index in [1.807, 2.05) is 28.9 Å². The summed E-state index contributed by atoms with van der Waals surface area (Å²) >= 11 is 0. The Bertz CT molecular complexity index is 1670. The van der Waals surface area contributed by atoms with Crippen LogP contribution in [0.25, 0.3) is 16.9 Å². The standard InChI is InChI=1S/C28H28N8O/c1-27(2)21-9-6-18(14-17(21)10-13-31-27)32-26-30-15-20-24(34-26)36(35(25(20)37)19-7-8-19)23-5-3-4-22(33-23)28(16-29)11-12-28/h3-6,9,14-15,19,31H,7-8,10-13H2,1-2H3,(H,30,32,34). The Kier molecular flexibility index (Phi) is 4.64. The minimum Gasteiger partial charge on any atom is -0.324 e. The minimum absolute atomic E-state index is 0.0601. The first kappa shape index (κ1) is 22.2. The van der Waals surface area contributed by atoms with E-state index in [-0.39, 0.29) is 17.1 Å². The maximum absolute atomic E-state index is 13.4. The molecule has 0 amide bonds. The Morgan fingerprint density at radius 1 is 1.16 bits per heavy atom. The number of nitriles is 1. The fourth-order valence-corrected chi connectivity index (χ4v) is 5.51. The number of aromatic nitrogens is 5. The number of hydrogen-bond acceptors (Lipinski definition) is 7. The van der Waals surface area contributed by atoms with Crippen molar-refractivity contribution in [3.8, 4) is 11.9 Å². The highest BCUT2D eigenvalue weighted by Gasteiger charge is 2.46. The third kappa shape index (κ3) is 3.55. The molecule has 0 atom stereocenters. The second-order valence-electron chi connectivity index (χ2n) is 11.0. The third-order valence-corrected chi connectivity index (χ3v) is 7.92. The van der Waals surface area contributed by atoms with E-state index in [2.05, 4.69) is 47.7 Å². The molecule has 0 spiro atoms. The van der Waals surface area contributed by atoms with Gasteiger partial charge in [0.15, 0.2) is 11.5 Å². The van der Waals surface area contributed by atoms with Crippen LogP contribution < -0.4 is 16.2 Å². The summed E-state index contributed by atoms with van der Waals surface area (Å²) in [7, 11) is 0. The van der Waals surface area contributed by atoms with Crippen LogP contribution >= 0.6 is 0 Å². The van der Waals surface area contributed by atoms with Crippen LogP contribution in [0.1, 0.15) is 62.4 Å². The molecule has 4 aromatic rings. The van der Waals surface area contributed by atoms with E-state index in [9.17, 15) is 10.1 Å². The van der Waals surface area contributed by atoms with E-state index in [1.54, 1.807) is 10.9 Å². The van der Waals surface area contributed by atoms with Crippen LogP contribution in [0, 0.1) is 11.3 Å². The van der Waals surface area contributed by atoms with Gasteiger partial charge in [-0.1, -0.05) is 12.1 Å². The normalized spacial score (nSPS) is 19.3. The molecule has 0 saturated heterocycles. The summed E-state index contributed by atoms with van der Waals surface area (Å²) in [4.78, 5) is 27.5. The highest BCUT2D eigenvalue weighted by Crippen LogP contribution is 2.47. The molecule has 2 saturated carbocycles. The predicted octanol–water partition coefficient (Wildman–Crippen LogP) is 3.99. The summed E-state index contributed by atoms with van der Waals surface area (Å²) < 4.78 is 3.58. The van der Waals surface area contributed by atoms with Gasteiger partial charge in [-0.2, -0.15) is 10.2 Å². The van der Waals surface area contributed by atoms with Gasteiger partial charge in [0.05, 0.1) is 23.2 Å². The minimum atomic E-state index is -0.512. The second-order valence-corrected chi connectivity index (χ2v) is 11.0. The third-order valence-electron chi connectivity index (χ3n) is 7.92. The number of fused-ring (bicyclic) bond motifs is 2. The van der Waals surface area contributed by atoms with Gasteiger partial charge in [-0.05, 0) is 87.9 Å². The monoisotopic (exact) mass is 492 g/mol. The summed E-state index contributed by atoms with van der Waals surface area (Å²) in [5, 5.41) is 17.1. The van der Waals surface area contributed by atoms with Crippen molar-refractivity contribution in [2.45, 2.75) is 62.9 Å². The lowest BCUT2D eigenvalue weighted by Gasteiger charge is -2.34. The Morgan fingerprint density at radius 2 is 2.00 bits per heavy atom. The first-order valence-corrected chi connectivity index (χ1v) is 12.9. The first-order chi connectivity index (χ1) is 17.9. The quantitative estimate of drug-likeness (QED) is 0.433. The largest absolute Gasteiger partial charge is 0.324 e. The average molecular weight is 493 g/mol. The molecule has 3 aromatic heterocycles. The Hall–Kier alpha value is -4.03. The van der Waals surface area contributed by atoms with Gasteiger partial charge in [0.25, 0.3) is 5.56 Å². The van der Waals surface area contributed by atoms with E-state index < -0.39 is 5.41 Å². The predicted molar refractivity (Wildman–Crippen MR) is 140 cm³/mol. The van der Waals surface area contributed by atoms with Crippen LogP contribution in [0.5, 0.6) is 0 Å². The summed E-state index contributed by atoms with van der Waals surface area (Å²) in [5.74, 6) is 1.03. The summed E-state index contributed by atoms with van der Waals surface area (Å²) in [6.45, 7) is 5.33. The van der Waals surface area contributed by atoms with E-state index in [0.717, 1.165) is 50.0 Å². The lowest BCUT2D eigenvalue weighted by Crippen LogP contribution is -2.42. The molecule has 1 aliphatic heterocycles. The van der Waals surface area contributed by atoms with E-state index in [1.165, 1.54) is 11.1 Å². The topological polar surface area (TPSA) is 113 Å². The highest BCUT2D eigenvalue weighted by molar-refractivity contribution is 5.77. The van der Waals surface area contributed by atoms with E-state index in [4.69, 9.17) is 9.97 Å². The molecule has 0 unspecified atom stereocenters. The van der Waals surface area contributed by atoms with Gasteiger partial charge in [0.2, 0.25) is 5.95 Å². The van der Waals surface area contributed by atoms with Gasteiger partial charge in [0.1, 0.15) is 5.39 Å². The van der Waals surface area contributed by atoms with Gasteiger partial charge in [0, 0.05) is 17.4 Å². The number of anilines is 2. The number of rotatable bonds is 5.